The fourth-order valence-electron chi connectivity index (χ4n) is 1.79. The van der Waals surface area contributed by atoms with Gasteiger partial charge in [0.05, 0.1) is 0 Å². The van der Waals surface area contributed by atoms with Crippen LogP contribution in [0.15, 0.2) is 36.7 Å². The van der Waals surface area contributed by atoms with Crippen molar-refractivity contribution < 1.29 is 4.39 Å². The van der Waals surface area contributed by atoms with E-state index in [0.717, 1.165) is 18.9 Å². The smallest absolute Gasteiger partial charge is 0.131 e. The molecular weight excluding hydrogens is 269 g/mol. The third kappa shape index (κ3) is 5.00. The van der Waals surface area contributed by atoms with Gasteiger partial charge in [-0.25, -0.2) is 14.4 Å². The van der Waals surface area contributed by atoms with Gasteiger partial charge in [-0.1, -0.05) is 18.2 Å². The van der Waals surface area contributed by atoms with Crippen molar-refractivity contribution >= 4 is 11.6 Å². The molecule has 0 saturated carbocycles. The maximum absolute atomic E-state index is 13.5. The first-order valence-corrected chi connectivity index (χ1v) is 6.83. The van der Waals surface area contributed by atoms with E-state index in [-0.39, 0.29) is 5.82 Å². The second kappa shape index (κ2) is 7.54. The normalized spacial score (nSPS) is 10.7. The molecule has 0 aliphatic carbocycles. The number of aromatic nitrogens is 2. The van der Waals surface area contributed by atoms with Gasteiger partial charge in [0, 0.05) is 31.3 Å². The van der Waals surface area contributed by atoms with Crippen LogP contribution in [0.2, 0.25) is 0 Å². The highest BCUT2D eigenvalue weighted by Gasteiger charge is 2.02. The van der Waals surface area contributed by atoms with Gasteiger partial charge in [0.1, 0.15) is 23.8 Å². The van der Waals surface area contributed by atoms with E-state index in [1.54, 1.807) is 12.1 Å². The van der Waals surface area contributed by atoms with Crippen molar-refractivity contribution in [3.63, 3.8) is 0 Å². The molecule has 2 N–H and O–H groups in total. The average molecular weight is 289 g/mol. The van der Waals surface area contributed by atoms with Gasteiger partial charge in [0.25, 0.3) is 0 Å². The van der Waals surface area contributed by atoms with Crippen LogP contribution >= 0.6 is 0 Å². The maximum atomic E-state index is 13.5. The molecule has 0 aliphatic rings. The van der Waals surface area contributed by atoms with Crippen LogP contribution in [0.3, 0.4) is 0 Å². The lowest BCUT2D eigenvalue weighted by Gasteiger charge is -2.11. The molecule has 0 bridgehead atoms. The third-order valence-corrected chi connectivity index (χ3v) is 2.95. The summed E-state index contributed by atoms with van der Waals surface area (Å²) in [5, 5.41) is 6.32. The lowest BCUT2D eigenvalue weighted by Crippen LogP contribution is -2.21. The molecule has 0 atom stereocenters. The van der Waals surface area contributed by atoms with Crippen molar-refractivity contribution in [2.24, 2.45) is 0 Å². The Balaban J connectivity index is 1.90. The lowest BCUT2D eigenvalue weighted by atomic mass is 10.2. The Kier molecular flexibility index (Phi) is 5.45. The number of hydrogen-bond donors (Lipinski definition) is 2. The molecule has 112 valence electrons. The number of benzene rings is 1. The zero-order chi connectivity index (χ0) is 15.1. The van der Waals surface area contributed by atoms with E-state index in [9.17, 15) is 4.39 Å². The monoisotopic (exact) mass is 289 g/mol. The molecule has 0 amide bonds. The predicted octanol–water partition coefficient (Wildman–Crippen LogP) is 2.20. The first-order valence-electron chi connectivity index (χ1n) is 6.83. The number of nitrogens with one attached hydrogen (secondary N) is 2. The fraction of sp³-hybridized carbons (Fsp3) is 0.333. The van der Waals surface area contributed by atoms with Crippen LogP contribution in [0.25, 0.3) is 0 Å². The molecule has 1 heterocycles. The Morgan fingerprint density at radius 1 is 1.10 bits per heavy atom. The maximum Gasteiger partial charge on any atom is 0.131 e. The summed E-state index contributed by atoms with van der Waals surface area (Å²) in [6.07, 6.45) is 1.49. The second-order valence-electron chi connectivity index (χ2n) is 4.96. The zero-order valence-corrected chi connectivity index (χ0v) is 12.3. The summed E-state index contributed by atoms with van der Waals surface area (Å²) in [7, 11) is 4.03. The number of likely N-dealkylation sites (N-methyl/N-ethyl adjacent to an activating group) is 1. The largest absolute Gasteiger partial charge is 0.369 e. The zero-order valence-electron chi connectivity index (χ0n) is 12.3. The van der Waals surface area contributed by atoms with Crippen molar-refractivity contribution in [1.29, 1.82) is 0 Å². The molecular formula is C15H20FN5. The van der Waals surface area contributed by atoms with Crippen LogP contribution in [0.1, 0.15) is 5.56 Å². The van der Waals surface area contributed by atoms with Gasteiger partial charge in [0.15, 0.2) is 0 Å². The molecule has 0 unspecified atom stereocenters. The van der Waals surface area contributed by atoms with Gasteiger partial charge >= 0.3 is 0 Å². The van der Waals surface area contributed by atoms with Crippen molar-refractivity contribution in [2.75, 3.05) is 37.8 Å². The van der Waals surface area contributed by atoms with Crippen LogP contribution in [-0.4, -0.2) is 42.1 Å². The molecule has 0 spiro atoms. The molecule has 0 aliphatic heterocycles. The van der Waals surface area contributed by atoms with E-state index < -0.39 is 0 Å². The summed E-state index contributed by atoms with van der Waals surface area (Å²) >= 11 is 0. The van der Waals surface area contributed by atoms with E-state index in [2.05, 4.69) is 25.5 Å². The number of halogens is 1. The van der Waals surface area contributed by atoms with Crippen LogP contribution in [0, 0.1) is 5.82 Å². The van der Waals surface area contributed by atoms with E-state index in [1.807, 2.05) is 26.2 Å². The molecule has 0 saturated heterocycles. The second-order valence-corrected chi connectivity index (χ2v) is 4.96. The molecule has 1 aromatic heterocycles. The number of rotatable bonds is 7. The first-order chi connectivity index (χ1) is 10.1. The number of anilines is 2. The quantitative estimate of drug-likeness (QED) is 0.818. The summed E-state index contributed by atoms with van der Waals surface area (Å²) in [5.41, 5.74) is 0.609. The number of nitrogens with zero attached hydrogens (tertiary/aromatic N) is 3. The van der Waals surface area contributed by atoms with Gasteiger partial charge in [-0.2, -0.15) is 0 Å². The fourth-order valence-corrected chi connectivity index (χ4v) is 1.79. The summed E-state index contributed by atoms with van der Waals surface area (Å²) in [6, 6.07) is 8.51. The van der Waals surface area contributed by atoms with Crippen molar-refractivity contribution in [2.45, 2.75) is 6.54 Å². The summed E-state index contributed by atoms with van der Waals surface area (Å²) < 4.78 is 13.5. The van der Waals surface area contributed by atoms with Crippen LogP contribution in [-0.2, 0) is 6.54 Å². The highest BCUT2D eigenvalue weighted by Crippen LogP contribution is 2.12. The Labute approximate surface area is 124 Å². The Morgan fingerprint density at radius 3 is 2.52 bits per heavy atom. The van der Waals surface area contributed by atoms with E-state index in [0.29, 0.717) is 17.9 Å². The number of hydrogen-bond acceptors (Lipinski definition) is 5. The van der Waals surface area contributed by atoms with Crippen molar-refractivity contribution in [1.82, 2.24) is 14.9 Å². The van der Waals surface area contributed by atoms with Crippen LogP contribution < -0.4 is 10.6 Å². The average Bonchev–Trinajstić information content (AvgIpc) is 2.46. The first kappa shape index (κ1) is 15.2. The summed E-state index contributed by atoms with van der Waals surface area (Å²) in [4.78, 5) is 10.4. The van der Waals surface area contributed by atoms with Crippen molar-refractivity contribution in [3.05, 3.63) is 48.0 Å². The minimum absolute atomic E-state index is 0.219. The molecule has 6 heteroatoms. The molecule has 0 radical (unpaired) electrons. The molecule has 1 aromatic carbocycles. The lowest BCUT2D eigenvalue weighted by molar-refractivity contribution is 0.425. The van der Waals surface area contributed by atoms with Crippen LogP contribution in [0.5, 0.6) is 0 Å². The Bertz CT molecular complexity index is 573. The molecule has 2 rings (SSSR count). The van der Waals surface area contributed by atoms with E-state index >= 15 is 0 Å². The summed E-state index contributed by atoms with van der Waals surface area (Å²) in [5.74, 6) is 1.20. The highest BCUT2D eigenvalue weighted by molar-refractivity contribution is 5.46. The van der Waals surface area contributed by atoms with E-state index in [4.69, 9.17) is 0 Å². The van der Waals surface area contributed by atoms with Gasteiger partial charge in [-0.15, -0.1) is 0 Å². The minimum atomic E-state index is -0.219. The Hall–Kier alpha value is -2.21. The molecule has 0 fully saturated rings. The topological polar surface area (TPSA) is 53.1 Å². The minimum Gasteiger partial charge on any atom is -0.369 e. The highest BCUT2D eigenvalue weighted by atomic mass is 19.1. The van der Waals surface area contributed by atoms with Gasteiger partial charge < -0.3 is 15.5 Å². The summed E-state index contributed by atoms with van der Waals surface area (Å²) in [6.45, 7) is 2.11. The van der Waals surface area contributed by atoms with Gasteiger partial charge in [-0.05, 0) is 20.2 Å². The predicted molar refractivity (Wildman–Crippen MR) is 82.8 cm³/mol. The molecule has 2 aromatic rings. The molecule has 5 nitrogen and oxygen atoms in total. The third-order valence-electron chi connectivity index (χ3n) is 2.95. The van der Waals surface area contributed by atoms with Gasteiger partial charge in [-0.3, -0.25) is 0 Å². The Morgan fingerprint density at radius 2 is 1.81 bits per heavy atom. The SMILES string of the molecule is CN(C)CCNc1cc(NCc2ccccc2F)ncn1. The van der Waals surface area contributed by atoms with E-state index in [1.165, 1.54) is 12.4 Å². The van der Waals surface area contributed by atoms with Gasteiger partial charge in [0.2, 0.25) is 0 Å². The standard InChI is InChI=1S/C15H20FN5/c1-21(2)8-7-17-14-9-15(20-11-19-14)18-10-12-5-3-4-6-13(12)16/h3-6,9,11H,7-8,10H2,1-2H3,(H2,17,18,19,20). The van der Waals surface area contributed by atoms with Crippen molar-refractivity contribution in [3.8, 4) is 0 Å². The van der Waals surface area contributed by atoms with Crippen LogP contribution in [0.4, 0.5) is 16.0 Å². The molecule has 21 heavy (non-hydrogen) atoms.